The Morgan fingerprint density at radius 2 is 1.47 bits per heavy atom. The monoisotopic (exact) mass is 480 g/mol. The highest BCUT2D eigenvalue weighted by Crippen LogP contribution is 2.25. The molecule has 8 heteroatoms. The molecule has 0 heterocycles. The van der Waals surface area contributed by atoms with E-state index in [1.165, 1.54) is 5.56 Å². The SMILES string of the molecule is Cc1ccc(Oc2ccc(NC(=O)CCC(=O)OCC(=O)Nc3cccc(Cl)c3)cc2)cc1C. The van der Waals surface area contributed by atoms with Crippen molar-refractivity contribution in [1.29, 1.82) is 0 Å². The molecule has 0 aliphatic carbocycles. The summed E-state index contributed by atoms with van der Waals surface area (Å²) in [6.07, 6.45) is -0.222. The van der Waals surface area contributed by atoms with Crippen LogP contribution in [0.15, 0.2) is 66.7 Å². The summed E-state index contributed by atoms with van der Waals surface area (Å²) in [5.74, 6) is -0.111. The van der Waals surface area contributed by atoms with Gasteiger partial charge in [0, 0.05) is 22.8 Å². The standard InChI is InChI=1S/C26H25ClN2O5/c1-17-6-9-23(14-18(17)2)34-22-10-7-20(8-11-22)28-24(30)12-13-26(32)33-16-25(31)29-21-5-3-4-19(27)15-21/h3-11,14-15H,12-13,16H2,1-2H3,(H,28,30)(H,29,31). The average Bonchev–Trinajstić information content (AvgIpc) is 2.80. The van der Waals surface area contributed by atoms with Crippen molar-refractivity contribution in [3.05, 3.63) is 82.9 Å². The van der Waals surface area contributed by atoms with Crippen molar-refractivity contribution in [3.63, 3.8) is 0 Å². The number of hydrogen-bond acceptors (Lipinski definition) is 5. The second kappa shape index (κ2) is 11.9. The number of amides is 2. The van der Waals surface area contributed by atoms with Gasteiger partial charge in [-0.3, -0.25) is 14.4 Å². The minimum Gasteiger partial charge on any atom is -0.457 e. The second-order valence-corrected chi connectivity index (χ2v) is 8.08. The van der Waals surface area contributed by atoms with Crippen LogP contribution in [0, 0.1) is 13.8 Å². The van der Waals surface area contributed by atoms with Gasteiger partial charge >= 0.3 is 5.97 Å². The summed E-state index contributed by atoms with van der Waals surface area (Å²) >= 11 is 5.85. The van der Waals surface area contributed by atoms with Crippen LogP contribution in [0.2, 0.25) is 5.02 Å². The molecular weight excluding hydrogens is 456 g/mol. The van der Waals surface area contributed by atoms with Gasteiger partial charge in [-0.2, -0.15) is 0 Å². The lowest BCUT2D eigenvalue weighted by Gasteiger charge is -2.10. The number of benzene rings is 3. The minimum atomic E-state index is -0.645. The van der Waals surface area contributed by atoms with E-state index in [1.54, 1.807) is 48.5 Å². The van der Waals surface area contributed by atoms with Crippen LogP contribution >= 0.6 is 11.6 Å². The fourth-order valence-corrected chi connectivity index (χ4v) is 3.13. The van der Waals surface area contributed by atoms with Crippen LogP contribution < -0.4 is 15.4 Å². The molecule has 3 rings (SSSR count). The molecule has 0 saturated carbocycles. The van der Waals surface area contributed by atoms with E-state index in [0.29, 0.717) is 22.1 Å². The number of nitrogens with one attached hydrogen (secondary N) is 2. The van der Waals surface area contributed by atoms with Gasteiger partial charge in [0.25, 0.3) is 5.91 Å². The fourth-order valence-electron chi connectivity index (χ4n) is 2.94. The molecule has 0 saturated heterocycles. The topological polar surface area (TPSA) is 93.7 Å². The number of aryl methyl sites for hydroxylation is 2. The van der Waals surface area contributed by atoms with Gasteiger partial charge in [-0.15, -0.1) is 0 Å². The van der Waals surface area contributed by atoms with Crippen molar-refractivity contribution in [1.82, 2.24) is 0 Å². The molecule has 0 unspecified atom stereocenters. The molecule has 0 atom stereocenters. The highest BCUT2D eigenvalue weighted by molar-refractivity contribution is 6.30. The maximum absolute atomic E-state index is 12.1. The molecule has 34 heavy (non-hydrogen) atoms. The molecule has 7 nitrogen and oxygen atoms in total. The van der Waals surface area contributed by atoms with Crippen molar-refractivity contribution in [3.8, 4) is 11.5 Å². The maximum Gasteiger partial charge on any atom is 0.306 e. The van der Waals surface area contributed by atoms with E-state index in [-0.39, 0.29) is 18.7 Å². The minimum absolute atomic E-state index is 0.0738. The van der Waals surface area contributed by atoms with Gasteiger partial charge in [0.1, 0.15) is 11.5 Å². The van der Waals surface area contributed by atoms with Gasteiger partial charge in [0.15, 0.2) is 6.61 Å². The lowest BCUT2D eigenvalue weighted by Crippen LogP contribution is -2.21. The molecule has 3 aromatic carbocycles. The van der Waals surface area contributed by atoms with Crippen molar-refractivity contribution in [2.45, 2.75) is 26.7 Å². The summed E-state index contributed by atoms with van der Waals surface area (Å²) in [7, 11) is 0. The normalized spacial score (nSPS) is 10.3. The third-order valence-corrected chi connectivity index (χ3v) is 5.12. The molecule has 3 aromatic rings. The number of esters is 1. The predicted molar refractivity (Wildman–Crippen MR) is 131 cm³/mol. The summed E-state index contributed by atoms with van der Waals surface area (Å²) in [5, 5.41) is 5.76. The molecule has 0 bridgehead atoms. The summed E-state index contributed by atoms with van der Waals surface area (Å²) in [6, 6.07) is 19.4. The maximum atomic E-state index is 12.1. The molecule has 2 amide bonds. The van der Waals surface area contributed by atoms with E-state index in [1.807, 2.05) is 32.0 Å². The second-order valence-electron chi connectivity index (χ2n) is 7.64. The summed E-state index contributed by atoms with van der Waals surface area (Å²) in [5.41, 5.74) is 3.40. The molecule has 0 fully saturated rings. The van der Waals surface area contributed by atoms with E-state index < -0.39 is 18.5 Å². The Balaban J connectivity index is 1.38. The van der Waals surface area contributed by atoms with E-state index in [0.717, 1.165) is 11.3 Å². The zero-order valence-corrected chi connectivity index (χ0v) is 19.6. The van der Waals surface area contributed by atoms with Crippen LogP contribution in [-0.2, 0) is 19.1 Å². The lowest BCUT2D eigenvalue weighted by molar-refractivity contribution is -0.147. The lowest BCUT2D eigenvalue weighted by atomic mass is 10.1. The van der Waals surface area contributed by atoms with Crippen molar-refractivity contribution in [2.75, 3.05) is 17.2 Å². The molecule has 2 N–H and O–H groups in total. The first kappa shape index (κ1) is 24.8. The number of halogens is 1. The smallest absolute Gasteiger partial charge is 0.306 e. The molecule has 176 valence electrons. The Kier molecular flexibility index (Phi) is 8.65. The van der Waals surface area contributed by atoms with Crippen LogP contribution in [-0.4, -0.2) is 24.4 Å². The number of carbonyl (C=O) groups excluding carboxylic acids is 3. The molecule has 0 aliphatic heterocycles. The van der Waals surface area contributed by atoms with Gasteiger partial charge in [-0.05, 0) is 79.6 Å². The highest BCUT2D eigenvalue weighted by Gasteiger charge is 2.11. The van der Waals surface area contributed by atoms with E-state index in [9.17, 15) is 14.4 Å². The number of carbonyl (C=O) groups is 3. The number of ether oxygens (including phenoxy) is 2. The van der Waals surface area contributed by atoms with Crippen molar-refractivity contribution in [2.24, 2.45) is 0 Å². The van der Waals surface area contributed by atoms with Crippen LogP contribution in [0.4, 0.5) is 11.4 Å². The Morgan fingerprint density at radius 1 is 0.765 bits per heavy atom. The average molecular weight is 481 g/mol. The fraction of sp³-hybridized carbons (Fsp3) is 0.192. The number of rotatable bonds is 9. The highest BCUT2D eigenvalue weighted by atomic mass is 35.5. The first-order valence-corrected chi connectivity index (χ1v) is 11.0. The molecule has 0 radical (unpaired) electrons. The molecular formula is C26H25ClN2O5. The third-order valence-electron chi connectivity index (χ3n) is 4.88. The van der Waals surface area contributed by atoms with E-state index >= 15 is 0 Å². The quantitative estimate of drug-likeness (QED) is 0.386. The van der Waals surface area contributed by atoms with E-state index in [4.69, 9.17) is 21.1 Å². The molecule has 0 spiro atoms. The predicted octanol–water partition coefficient (Wildman–Crippen LogP) is 5.65. The van der Waals surface area contributed by atoms with Gasteiger partial charge in [0.05, 0.1) is 6.42 Å². The largest absolute Gasteiger partial charge is 0.457 e. The summed E-state index contributed by atoms with van der Waals surface area (Å²) in [4.78, 5) is 35.8. The zero-order valence-electron chi connectivity index (χ0n) is 18.9. The van der Waals surface area contributed by atoms with Crippen LogP contribution in [0.1, 0.15) is 24.0 Å². The summed E-state index contributed by atoms with van der Waals surface area (Å²) < 4.78 is 10.7. The van der Waals surface area contributed by atoms with Crippen LogP contribution in [0.3, 0.4) is 0 Å². The van der Waals surface area contributed by atoms with E-state index in [2.05, 4.69) is 10.6 Å². The number of hydrogen-bond donors (Lipinski definition) is 2. The van der Waals surface area contributed by atoms with Gasteiger partial charge in [0.2, 0.25) is 5.91 Å². The number of anilines is 2. The Morgan fingerprint density at radius 3 is 2.18 bits per heavy atom. The van der Waals surface area contributed by atoms with Gasteiger partial charge in [-0.1, -0.05) is 23.7 Å². The molecule has 0 aliphatic rings. The van der Waals surface area contributed by atoms with Crippen LogP contribution in [0.5, 0.6) is 11.5 Å². The first-order valence-electron chi connectivity index (χ1n) is 10.6. The molecule has 0 aromatic heterocycles. The van der Waals surface area contributed by atoms with Gasteiger partial charge < -0.3 is 20.1 Å². The zero-order chi connectivity index (χ0) is 24.5. The Bertz CT molecular complexity index is 1180. The van der Waals surface area contributed by atoms with Gasteiger partial charge in [-0.25, -0.2) is 0 Å². The Labute approximate surface area is 203 Å². The van der Waals surface area contributed by atoms with Crippen molar-refractivity contribution >= 4 is 40.8 Å². The third kappa shape index (κ3) is 7.94. The Hall–Kier alpha value is -3.84. The van der Waals surface area contributed by atoms with Crippen LogP contribution in [0.25, 0.3) is 0 Å². The first-order chi connectivity index (χ1) is 16.3. The summed E-state index contributed by atoms with van der Waals surface area (Å²) in [6.45, 7) is 3.61. The van der Waals surface area contributed by atoms with Crippen molar-refractivity contribution < 1.29 is 23.9 Å².